The highest BCUT2D eigenvalue weighted by Crippen LogP contribution is 2.14. The summed E-state index contributed by atoms with van der Waals surface area (Å²) in [6, 6.07) is 3.44. The lowest BCUT2D eigenvalue weighted by molar-refractivity contribution is -0.137. The molecule has 0 atom stereocenters. The fourth-order valence-electron chi connectivity index (χ4n) is 1.37. The van der Waals surface area contributed by atoms with E-state index in [2.05, 4.69) is 10.2 Å². The molecule has 2 rings (SSSR count). The summed E-state index contributed by atoms with van der Waals surface area (Å²) in [6.07, 6.45) is 2.87. The minimum Gasteiger partial charge on any atom is -0.269 e. The Morgan fingerprint density at radius 3 is 2.73 bits per heavy atom. The van der Waals surface area contributed by atoms with Crippen molar-refractivity contribution in [3.63, 3.8) is 0 Å². The van der Waals surface area contributed by atoms with Gasteiger partial charge in [-0.2, -0.15) is 10.2 Å². The monoisotopic (exact) mass is 203 g/mol. The van der Waals surface area contributed by atoms with Crippen molar-refractivity contribution < 1.29 is 9.59 Å². The van der Waals surface area contributed by atoms with Crippen LogP contribution in [-0.4, -0.2) is 26.9 Å². The highest BCUT2D eigenvalue weighted by Gasteiger charge is 2.28. The van der Waals surface area contributed by atoms with Crippen molar-refractivity contribution in [1.82, 2.24) is 15.1 Å². The van der Waals surface area contributed by atoms with Crippen molar-refractivity contribution in [2.24, 2.45) is 0 Å². The van der Waals surface area contributed by atoms with E-state index in [0.29, 0.717) is 11.3 Å². The van der Waals surface area contributed by atoms with Crippen molar-refractivity contribution in [3.8, 4) is 0 Å². The second-order valence-electron chi connectivity index (χ2n) is 3.27. The molecule has 0 radical (unpaired) electrons. The molecule has 0 spiro atoms. The lowest BCUT2D eigenvalue weighted by Gasteiger charge is -2.12. The summed E-state index contributed by atoms with van der Waals surface area (Å²) in [5.74, 6) is -0.547. The summed E-state index contributed by atoms with van der Waals surface area (Å²) in [6.45, 7) is 1.80. The van der Waals surface area contributed by atoms with Gasteiger partial charge in [0, 0.05) is 17.8 Å². The molecule has 1 aliphatic rings. The van der Waals surface area contributed by atoms with Gasteiger partial charge >= 0.3 is 0 Å². The Kier molecular flexibility index (Phi) is 2.29. The molecule has 2 amide bonds. The third kappa shape index (κ3) is 1.76. The number of amides is 2. The van der Waals surface area contributed by atoms with Crippen molar-refractivity contribution >= 4 is 11.8 Å². The maximum absolute atomic E-state index is 11.5. The van der Waals surface area contributed by atoms with Crippen molar-refractivity contribution in [3.05, 3.63) is 35.7 Å². The van der Waals surface area contributed by atoms with Crippen LogP contribution in [0.4, 0.5) is 0 Å². The molecule has 0 saturated heterocycles. The van der Waals surface area contributed by atoms with Gasteiger partial charge in [0.15, 0.2) is 0 Å². The molecule has 0 bridgehead atoms. The number of imide groups is 1. The summed E-state index contributed by atoms with van der Waals surface area (Å²) in [7, 11) is 0. The van der Waals surface area contributed by atoms with Crippen LogP contribution in [0.3, 0.4) is 0 Å². The molecule has 0 fully saturated rings. The van der Waals surface area contributed by atoms with Gasteiger partial charge in [0.05, 0.1) is 12.2 Å². The number of carbonyl (C=O) groups is 2. The van der Waals surface area contributed by atoms with Gasteiger partial charge in [0.1, 0.15) is 0 Å². The smallest absolute Gasteiger partial charge is 0.256 e. The summed E-state index contributed by atoms with van der Waals surface area (Å²) in [5.41, 5.74) is 1.06. The molecular weight excluding hydrogens is 194 g/mol. The minimum atomic E-state index is -0.289. The Bertz CT molecular complexity index is 439. The zero-order valence-corrected chi connectivity index (χ0v) is 8.17. The lowest BCUT2D eigenvalue weighted by atomic mass is 10.3. The normalized spacial score (nSPS) is 15.8. The summed E-state index contributed by atoms with van der Waals surface area (Å²) >= 11 is 0. The number of aromatic nitrogens is 2. The fraction of sp³-hybridized carbons (Fsp3) is 0.200. The van der Waals surface area contributed by atoms with Gasteiger partial charge in [-0.15, -0.1) is 0 Å². The second kappa shape index (κ2) is 3.61. The first-order valence-electron chi connectivity index (χ1n) is 4.49. The Morgan fingerprint density at radius 1 is 1.40 bits per heavy atom. The molecule has 0 aliphatic carbocycles. The van der Waals surface area contributed by atoms with Crippen LogP contribution >= 0.6 is 0 Å². The molecule has 15 heavy (non-hydrogen) atoms. The molecule has 76 valence electrons. The second-order valence-corrected chi connectivity index (χ2v) is 3.27. The van der Waals surface area contributed by atoms with E-state index in [0.717, 1.165) is 4.90 Å². The van der Waals surface area contributed by atoms with Gasteiger partial charge in [-0.25, -0.2) is 0 Å². The van der Waals surface area contributed by atoms with Gasteiger partial charge in [-0.1, -0.05) is 0 Å². The Labute approximate surface area is 86.4 Å². The molecule has 1 aliphatic heterocycles. The van der Waals surface area contributed by atoms with Crippen LogP contribution in [0.1, 0.15) is 12.6 Å². The standard InChI is InChI=1S/C10H9N3O2/c1-7-5-9(14)13(10(7)15)6-8-3-2-4-11-12-8/h2-5H,6H2,1H3. The van der Waals surface area contributed by atoms with Crippen LogP contribution in [-0.2, 0) is 16.1 Å². The van der Waals surface area contributed by atoms with E-state index in [9.17, 15) is 9.59 Å². The van der Waals surface area contributed by atoms with E-state index < -0.39 is 0 Å². The van der Waals surface area contributed by atoms with Crippen LogP contribution in [0.2, 0.25) is 0 Å². The number of rotatable bonds is 2. The van der Waals surface area contributed by atoms with Crippen LogP contribution in [0, 0.1) is 0 Å². The topological polar surface area (TPSA) is 63.2 Å². The molecular formula is C10H9N3O2. The Balaban J connectivity index is 2.15. The largest absolute Gasteiger partial charge is 0.269 e. The molecule has 0 saturated carbocycles. The van der Waals surface area contributed by atoms with Gasteiger partial charge in [-0.3, -0.25) is 14.5 Å². The first kappa shape index (κ1) is 9.51. The highest BCUT2D eigenvalue weighted by atomic mass is 16.2. The Hall–Kier alpha value is -2.04. The number of carbonyl (C=O) groups excluding carboxylic acids is 2. The van der Waals surface area contributed by atoms with Crippen molar-refractivity contribution in [1.29, 1.82) is 0 Å². The Morgan fingerprint density at radius 2 is 2.20 bits per heavy atom. The summed E-state index contributed by atoms with van der Waals surface area (Å²) in [4.78, 5) is 24.0. The first-order chi connectivity index (χ1) is 7.18. The van der Waals surface area contributed by atoms with E-state index >= 15 is 0 Å². The molecule has 5 nitrogen and oxygen atoms in total. The molecule has 5 heteroatoms. The highest BCUT2D eigenvalue weighted by molar-refractivity contribution is 6.15. The van der Waals surface area contributed by atoms with Gasteiger partial charge < -0.3 is 0 Å². The average Bonchev–Trinajstić information content (AvgIpc) is 2.47. The summed E-state index contributed by atoms with van der Waals surface area (Å²) < 4.78 is 0. The number of nitrogens with zero attached hydrogens (tertiary/aromatic N) is 3. The quantitative estimate of drug-likeness (QED) is 0.648. The van der Waals surface area contributed by atoms with Crippen LogP contribution in [0.5, 0.6) is 0 Å². The first-order valence-corrected chi connectivity index (χ1v) is 4.49. The maximum atomic E-state index is 11.5. The van der Waals surface area contributed by atoms with E-state index in [1.807, 2.05) is 0 Å². The van der Waals surface area contributed by atoms with Crippen molar-refractivity contribution in [2.75, 3.05) is 0 Å². The zero-order chi connectivity index (χ0) is 10.8. The molecule has 0 aromatic carbocycles. The van der Waals surface area contributed by atoms with Crippen LogP contribution < -0.4 is 0 Å². The predicted octanol–water partition coefficient (Wildman–Crippen LogP) is 0.292. The van der Waals surface area contributed by atoms with E-state index in [4.69, 9.17) is 0 Å². The van der Waals surface area contributed by atoms with Gasteiger partial charge in [-0.05, 0) is 19.1 Å². The van der Waals surface area contributed by atoms with Crippen LogP contribution in [0.25, 0.3) is 0 Å². The van der Waals surface area contributed by atoms with Gasteiger partial charge in [0.25, 0.3) is 11.8 Å². The average molecular weight is 203 g/mol. The van der Waals surface area contributed by atoms with E-state index in [1.54, 1.807) is 25.3 Å². The zero-order valence-electron chi connectivity index (χ0n) is 8.17. The van der Waals surface area contributed by atoms with E-state index in [-0.39, 0.29) is 18.4 Å². The van der Waals surface area contributed by atoms with Gasteiger partial charge in [0.2, 0.25) is 0 Å². The van der Waals surface area contributed by atoms with Crippen molar-refractivity contribution in [2.45, 2.75) is 13.5 Å². The maximum Gasteiger partial charge on any atom is 0.256 e. The lowest BCUT2D eigenvalue weighted by Crippen LogP contribution is -2.30. The predicted molar refractivity (Wildman–Crippen MR) is 51.3 cm³/mol. The number of hydrogen-bond donors (Lipinski definition) is 0. The molecule has 0 N–H and O–H groups in total. The molecule has 2 heterocycles. The SMILES string of the molecule is CC1=CC(=O)N(Cc2cccnn2)C1=O. The van der Waals surface area contributed by atoms with Crippen LogP contribution in [0.15, 0.2) is 30.0 Å². The molecule has 1 aromatic rings. The fourth-order valence-corrected chi connectivity index (χ4v) is 1.37. The molecule has 1 aromatic heterocycles. The third-order valence-corrected chi connectivity index (χ3v) is 2.14. The molecule has 0 unspecified atom stereocenters. The summed E-state index contributed by atoms with van der Waals surface area (Å²) in [5, 5.41) is 7.50. The number of hydrogen-bond acceptors (Lipinski definition) is 4. The minimum absolute atomic E-state index is 0.180. The van der Waals surface area contributed by atoms with E-state index in [1.165, 1.54) is 6.08 Å². The third-order valence-electron chi connectivity index (χ3n) is 2.14.